The summed E-state index contributed by atoms with van der Waals surface area (Å²) in [7, 11) is 6.65. The number of rotatable bonds is 6. The molecule has 12 nitrogen and oxygen atoms in total. The zero-order valence-electron chi connectivity index (χ0n) is 33.3. The van der Waals surface area contributed by atoms with Crippen LogP contribution in [0.15, 0.2) is 142 Å². The molecule has 0 saturated heterocycles. The van der Waals surface area contributed by atoms with Gasteiger partial charge < -0.3 is 9.80 Å². The highest BCUT2D eigenvalue weighted by atomic mass is 35.7. The summed E-state index contributed by atoms with van der Waals surface area (Å²) in [6.07, 6.45) is 17.5. The second kappa shape index (κ2) is 22.0. The van der Waals surface area contributed by atoms with Crippen molar-refractivity contribution in [2.75, 3.05) is 66.2 Å². The van der Waals surface area contributed by atoms with Crippen molar-refractivity contribution in [3.05, 3.63) is 164 Å². The smallest absolute Gasteiger partial charge is 0.199 e. The maximum absolute atomic E-state index is 8.49. The third-order valence-corrected chi connectivity index (χ3v) is 9.68. The number of halogens is 2. The van der Waals surface area contributed by atoms with E-state index in [2.05, 4.69) is 206 Å². The van der Waals surface area contributed by atoms with Gasteiger partial charge in [-0.15, -0.1) is 20.5 Å². The first kappa shape index (κ1) is 47.9. The molecule has 0 atom stereocenters. The maximum atomic E-state index is 8.49. The second-order valence-electron chi connectivity index (χ2n) is 13.3. The SMILES string of the molecule is CN(C)c1ccc(C(=C2C=CC(=[N+](C)C)C=C2)c2ccsc2)cc1.CN(C)c1ccc(C(=C2C=CC(=[N+](C)C)C=C2)c2ccsc2)cc1.[O-][Cl+3]([O-])([O-])[O-].[O-][Cl+3]([O-])([O-])[O-]. The predicted molar refractivity (Wildman–Crippen MR) is 213 cm³/mol. The van der Waals surface area contributed by atoms with Gasteiger partial charge in [-0.1, -0.05) is 24.3 Å². The molecule has 0 fully saturated rings. The van der Waals surface area contributed by atoms with Gasteiger partial charge in [0.15, 0.2) is 11.4 Å². The van der Waals surface area contributed by atoms with E-state index < -0.39 is 20.5 Å². The largest absolute Gasteiger partial charge is 0.378 e. The molecule has 0 aliphatic heterocycles. The molecule has 2 aromatic carbocycles. The first-order valence-corrected chi connectivity index (χ1v) is 21.6. The molecule has 0 unspecified atom stereocenters. The van der Waals surface area contributed by atoms with Gasteiger partial charge in [0.05, 0.1) is 0 Å². The van der Waals surface area contributed by atoms with Crippen LogP contribution in [0.5, 0.6) is 0 Å². The lowest BCUT2D eigenvalue weighted by atomic mass is 9.92. The molecule has 0 bridgehead atoms. The molecule has 4 aromatic rings. The van der Waals surface area contributed by atoms with Crippen molar-refractivity contribution in [2.24, 2.45) is 0 Å². The van der Waals surface area contributed by atoms with Crippen LogP contribution in [0, 0.1) is 20.5 Å². The Morgan fingerprint density at radius 3 is 0.914 bits per heavy atom. The highest BCUT2D eigenvalue weighted by Gasteiger charge is 2.15. The Balaban J connectivity index is 0.000000252. The third kappa shape index (κ3) is 16.4. The minimum absolute atomic E-state index is 1.21. The Bertz CT molecular complexity index is 1980. The minimum Gasteiger partial charge on any atom is -0.378 e. The third-order valence-electron chi connectivity index (χ3n) is 8.31. The quantitative estimate of drug-likeness (QED) is 0.226. The van der Waals surface area contributed by atoms with Gasteiger partial charge in [0.2, 0.25) is 0 Å². The molecule has 6 rings (SSSR count). The van der Waals surface area contributed by atoms with E-state index in [-0.39, 0.29) is 0 Å². The van der Waals surface area contributed by atoms with Crippen LogP contribution in [-0.4, -0.2) is 77.0 Å². The van der Waals surface area contributed by atoms with Gasteiger partial charge in [0.25, 0.3) is 0 Å². The van der Waals surface area contributed by atoms with Crippen LogP contribution in [0.25, 0.3) is 11.1 Å². The van der Waals surface area contributed by atoms with Gasteiger partial charge in [-0.25, -0.2) is 46.4 Å². The average Bonchev–Trinajstić information content (AvgIpc) is 3.88. The summed E-state index contributed by atoms with van der Waals surface area (Å²) in [6, 6.07) is 21.9. The van der Waals surface area contributed by atoms with Crippen molar-refractivity contribution in [1.82, 2.24) is 0 Å². The predicted octanol–water partition coefficient (Wildman–Crippen LogP) is -0.602. The van der Waals surface area contributed by atoms with E-state index in [4.69, 9.17) is 37.3 Å². The highest BCUT2D eigenvalue weighted by Crippen LogP contribution is 2.33. The second-order valence-corrected chi connectivity index (χ2v) is 16.4. The fourth-order valence-corrected chi connectivity index (χ4v) is 6.81. The van der Waals surface area contributed by atoms with Gasteiger partial charge >= 0.3 is 0 Å². The van der Waals surface area contributed by atoms with Gasteiger partial charge in [-0.2, -0.15) is 22.7 Å². The Kier molecular flexibility index (Phi) is 18.2. The van der Waals surface area contributed by atoms with Crippen LogP contribution >= 0.6 is 22.7 Å². The van der Waals surface area contributed by atoms with Crippen LogP contribution in [0.2, 0.25) is 0 Å². The Morgan fingerprint density at radius 1 is 0.431 bits per heavy atom. The first-order valence-electron chi connectivity index (χ1n) is 17.3. The van der Waals surface area contributed by atoms with Crippen LogP contribution < -0.4 is 47.1 Å². The van der Waals surface area contributed by atoms with Crippen LogP contribution in [0.4, 0.5) is 11.4 Å². The van der Waals surface area contributed by atoms with Gasteiger partial charge in [-0.3, -0.25) is 0 Å². The molecule has 2 aliphatic rings. The number of anilines is 2. The Hall–Kier alpha value is -4.52. The molecule has 58 heavy (non-hydrogen) atoms. The van der Waals surface area contributed by atoms with E-state index in [0.29, 0.717) is 0 Å². The molecular weight excluding hydrogens is 824 g/mol. The number of thiophene rings is 2. The average molecular weight is 870 g/mol. The molecule has 2 aliphatic carbocycles. The normalized spacial score (nSPS) is 13.1. The van der Waals surface area contributed by atoms with E-state index in [0.717, 1.165) is 0 Å². The fraction of sp³-hybridized carbons (Fsp3) is 0.190. The molecule has 16 heteroatoms. The lowest BCUT2D eigenvalue weighted by Crippen LogP contribution is -2.68. The van der Waals surface area contributed by atoms with Crippen LogP contribution in [-0.2, 0) is 0 Å². The van der Waals surface area contributed by atoms with E-state index in [1.807, 2.05) is 0 Å². The van der Waals surface area contributed by atoms with Crippen molar-refractivity contribution in [1.29, 1.82) is 0 Å². The van der Waals surface area contributed by atoms with Crippen molar-refractivity contribution >= 4 is 56.6 Å². The molecule has 2 aromatic heterocycles. The minimum atomic E-state index is -4.94. The standard InChI is InChI=1S/2C21H23N2S.2ClHO4/c2*1-22(2)19-9-5-16(6-10-19)21(18-13-14-24-15-18)17-7-11-20(12-8-17)23(3)4;2*2-1(3,4)5/h2*5-15H,1-4H3;2*(H,2,3,4,5)/q2*+1;;/p-2. The van der Waals surface area contributed by atoms with E-state index >= 15 is 0 Å². The molecule has 308 valence electrons. The zero-order chi connectivity index (χ0) is 43.2. The molecule has 0 N–H and O–H groups in total. The Labute approximate surface area is 352 Å². The summed E-state index contributed by atoms with van der Waals surface area (Å²) < 4.78 is 72.2. The molecule has 0 radical (unpaired) electrons. The molecule has 2 heterocycles. The number of allylic oxidation sites excluding steroid dienone is 10. The number of hydrogen-bond acceptors (Lipinski definition) is 12. The highest BCUT2D eigenvalue weighted by molar-refractivity contribution is 7.08. The van der Waals surface area contributed by atoms with Crippen molar-refractivity contribution < 1.29 is 66.9 Å². The zero-order valence-corrected chi connectivity index (χ0v) is 36.5. The van der Waals surface area contributed by atoms with Gasteiger partial charge in [0.1, 0.15) is 28.2 Å². The van der Waals surface area contributed by atoms with Gasteiger partial charge in [-0.05, 0) is 127 Å². The summed E-state index contributed by atoms with van der Waals surface area (Å²) in [5.74, 6) is 0. The lowest BCUT2D eigenvalue weighted by Gasteiger charge is -2.17. The van der Waals surface area contributed by atoms with Gasteiger partial charge in [0, 0.05) is 63.9 Å². The monoisotopic (exact) mass is 868 g/mol. The number of benzene rings is 2. The lowest BCUT2D eigenvalue weighted by molar-refractivity contribution is -2.00. The van der Waals surface area contributed by atoms with E-state index in [9.17, 15) is 0 Å². The number of hydrogen-bond donors (Lipinski definition) is 0. The van der Waals surface area contributed by atoms with E-state index in [1.54, 1.807) is 22.7 Å². The molecule has 0 saturated carbocycles. The maximum Gasteiger partial charge on any atom is 0.199 e. The summed E-state index contributed by atoms with van der Waals surface area (Å²) >= 11 is 3.47. The number of nitrogens with zero attached hydrogens (tertiary/aromatic N) is 4. The molecule has 0 amide bonds. The molecule has 0 spiro atoms. The van der Waals surface area contributed by atoms with Crippen molar-refractivity contribution in [3.8, 4) is 0 Å². The summed E-state index contributed by atoms with van der Waals surface area (Å²) in [5, 5.41) is 8.71. The van der Waals surface area contributed by atoms with Crippen LogP contribution in [0.3, 0.4) is 0 Å². The topological polar surface area (TPSA) is 197 Å². The van der Waals surface area contributed by atoms with Crippen molar-refractivity contribution in [3.63, 3.8) is 0 Å². The van der Waals surface area contributed by atoms with Crippen molar-refractivity contribution in [2.45, 2.75) is 0 Å². The summed E-state index contributed by atoms with van der Waals surface area (Å²) in [6.45, 7) is 0. The Morgan fingerprint density at radius 2 is 0.707 bits per heavy atom. The van der Waals surface area contributed by atoms with Crippen LogP contribution in [0.1, 0.15) is 22.3 Å². The fourth-order valence-electron chi connectivity index (χ4n) is 5.52. The summed E-state index contributed by atoms with van der Waals surface area (Å²) in [4.78, 5) is 4.25. The van der Waals surface area contributed by atoms with E-state index in [1.165, 1.54) is 67.3 Å². The summed E-state index contributed by atoms with van der Waals surface area (Å²) in [5.41, 5.74) is 15.0. The molecular formula is C42H46Cl2N4O8S2. The first-order chi connectivity index (χ1) is 27.1.